The molecule has 1 heterocycles. The lowest BCUT2D eigenvalue weighted by atomic mass is 9.98. The molecule has 0 amide bonds. The summed E-state index contributed by atoms with van der Waals surface area (Å²) in [7, 11) is 2.08. The molecule has 108 valence electrons. The number of halogens is 2. The summed E-state index contributed by atoms with van der Waals surface area (Å²) < 4.78 is 1.16. The van der Waals surface area contributed by atoms with Gasteiger partial charge in [0.1, 0.15) is 0 Å². The number of hydrogen-bond donors (Lipinski definition) is 1. The van der Waals surface area contributed by atoms with Crippen molar-refractivity contribution in [2.75, 3.05) is 20.1 Å². The summed E-state index contributed by atoms with van der Waals surface area (Å²) in [5.41, 5.74) is 1.44. The fraction of sp³-hybridized carbons (Fsp3) is 0.600. The van der Waals surface area contributed by atoms with Crippen molar-refractivity contribution in [3.63, 3.8) is 0 Å². The molecule has 1 aromatic carbocycles. The Morgan fingerprint density at radius 1 is 1.37 bits per heavy atom. The molecule has 0 spiro atoms. The normalized spacial score (nSPS) is 21.7. The van der Waals surface area contributed by atoms with E-state index in [0.717, 1.165) is 4.47 Å². The van der Waals surface area contributed by atoms with E-state index in [0.29, 0.717) is 12.1 Å². The van der Waals surface area contributed by atoms with Gasteiger partial charge >= 0.3 is 0 Å². The van der Waals surface area contributed by atoms with Gasteiger partial charge in [-0.2, -0.15) is 0 Å². The third-order valence-corrected chi connectivity index (χ3v) is 4.47. The maximum atomic E-state index is 3.51. The van der Waals surface area contributed by atoms with Crippen LogP contribution in [0, 0.1) is 0 Å². The fourth-order valence-electron chi connectivity index (χ4n) is 2.91. The van der Waals surface area contributed by atoms with Crippen LogP contribution in [-0.4, -0.2) is 31.1 Å². The molecule has 19 heavy (non-hydrogen) atoms. The molecule has 1 aromatic rings. The van der Waals surface area contributed by atoms with Crippen molar-refractivity contribution < 1.29 is 0 Å². The molecular weight excluding hydrogens is 324 g/mol. The van der Waals surface area contributed by atoms with Crippen molar-refractivity contribution in [1.82, 2.24) is 10.2 Å². The van der Waals surface area contributed by atoms with Crippen LogP contribution >= 0.6 is 28.3 Å². The summed E-state index contributed by atoms with van der Waals surface area (Å²) >= 11 is 3.51. The zero-order valence-corrected chi connectivity index (χ0v) is 14.1. The van der Waals surface area contributed by atoms with Crippen LogP contribution in [0.25, 0.3) is 0 Å². The molecule has 0 radical (unpaired) electrons. The first-order valence-corrected chi connectivity index (χ1v) is 7.70. The zero-order chi connectivity index (χ0) is 13.0. The topological polar surface area (TPSA) is 15.3 Å². The Morgan fingerprint density at radius 2 is 2.05 bits per heavy atom. The minimum absolute atomic E-state index is 0. The van der Waals surface area contributed by atoms with E-state index in [1.54, 1.807) is 0 Å². The second-order valence-corrected chi connectivity index (χ2v) is 6.01. The quantitative estimate of drug-likeness (QED) is 0.885. The number of benzene rings is 1. The maximum absolute atomic E-state index is 3.51. The van der Waals surface area contributed by atoms with Gasteiger partial charge in [0.2, 0.25) is 0 Å². The Hall–Kier alpha value is -0.0900. The number of nitrogens with one attached hydrogen (secondary N) is 1. The average molecular weight is 348 g/mol. The highest BCUT2D eigenvalue weighted by Gasteiger charge is 2.24. The third kappa shape index (κ3) is 4.45. The van der Waals surface area contributed by atoms with E-state index >= 15 is 0 Å². The molecule has 1 aliphatic heterocycles. The fourth-order valence-corrected chi connectivity index (χ4v) is 3.18. The van der Waals surface area contributed by atoms with Gasteiger partial charge in [-0.25, -0.2) is 0 Å². The van der Waals surface area contributed by atoms with Gasteiger partial charge in [-0.05, 0) is 50.6 Å². The molecule has 1 N–H and O–H groups in total. The number of hydrogen-bond acceptors (Lipinski definition) is 2. The summed E-state index contributed by atoms with van der Waals surface area (Å²) in [5.74, 6) is 0. The van der Waals surface area contributed by atoms with Crippen LogP contribution in [0.1, 0.15) is 37.8 Å². The molecule has 4 heteroatoms. The van der Waals surface area contributed by atoms with Crippen LogP contribution in [0.2, 0.25) is 0 Å². The van der Waals surface area contributed by atoms with Crippen molar-refractivity contribution in [3.8, 4) is 0 Å². The number of rotatable bonds is 4. The molecule has 1 aliphatic rings. The lowest BCUT2D eigenvalue weighted by Crippen LogP contribution is -2.45. The minimum atomic E-state index is 0. The van der Waals surface area contributed by atoms with Crippen LogP contribution in [-0.2, 0) is 0 Å². The Labute approximate surface area is 131 Å². The Bertz CT molecular complexity index is 369. The first-order chi connectivity index (χ1) is 8.74. The highest BCUT2D eigenvalue weighted by Crippen LogP contribution is 2.28. The molecule has 2 nitrogen and oxygen atoms in total. The lowest BCUT2D eigenvalue weighted by Gasteiger charge is -2.38. The van der Waals surface area contributed by atoms with Crippen molar-refractivity contribution >= 4 is 28.3 Å². The van der Waals surface area contributed by atoms with E-state index in [-0.39, 0.29) is 12.4 Å². The van der Waals surface area contributed by atoms with Crippen molar-refractivity contribution in [2.45, 2.75) is 38.3 Å². The summed E-state index contributed by atoms with van der Waals surface area (Å²) in [4.78, 5) is 2.63. The highest BCUT2D eigenvalue weighted by atomic mass is 79.9. The Balaban J connectivity index is 0.00000180. The smallest absolute Gasteiger partial charge is 0.0346 e. The second-order valence-electron chi connectivity index (χ2n) is 5.10. The number of nitrogens with zero attached hydrogens (tertiary/aromatic N) is 1. The van der Waals surface area contributed by atoms with E-state index in [9.17, 15) is 0 Å². The summed E-state index contributed by atoms with van der Waals surface area (Å²) in [6.45, 7) is 4.69. The predicted molar refractivity (Wildman–Crippen MR) is 88.1 cm³/mol. The van der Waals surface area contributed by atoms with Crippen LogP contribution in [0.4, 0.5) is 0 Å². The van der Waals surface area contributed by atoms with Gasteiger partial charge < -0.3 is 5.32 Å². The summed E-state index contributed by atoms with van der Waals surface area (Å²) in [5, 5.41) is 3.42. The van der Waals surface area contributed by atoms with Crippen LogP contribution in [0.15, 0.2) is 28.7 Å². The lowest BCUT2D eigenvalue weighted by molar-refractivity contribution is 0.136. The third-order valence-electron chi connectivity index (χ3n) is 3.94. The van der Waals surface area contributed by atoms with Crippen LogP contribution in [0.5, 0.6) is 0 Å². The molecule has 2 rings (SSSR count). The maximum Gasteiger partial charge on any atom is 0.0346 e. The molecule has 2 unspecified atom stereocenters. The van der Waals surface area contributed by atoms with E-state index in [1.165, 1.54) is 37.9 Å². The zero-order valence-electron chi connectivity index (χ0n) is 11.7. The molecule has 0 aliphatic carbocycles. The summed E-state index contributed by atoms with van der Waals surface area (Å²) in [6, 6.07) is 10.0. The Morgan fingerprint density at radius 3 is 2.63 bits per heavy atom. The molecule has 0 saturated carbocycles. The largest absolute Gasteiger partial charge is 0.316 e. The molecule has 2 atom stereocenters. The molecule has 0 bridgehead atoms. The first-order valence-electron chi connectivity index (χ1n) is 6.91. The Kier molecular flexibility index (Phi) is 7.37. The van der Waals surface area contributed by atoms with Gasteiger partial charge in [0.05, 0.1) is 0 Å². The molecule has 0 aromatic heterocycles. The van der Waals surface area contributed by atoms with Crippen LogP contribution in [0.3, 0.4) is 0 Å². The number of likely N-dealkylation sites (tertiary alicyclic amines) is 1. The van der Waals surface area contributed by atoms with E-state index in [4.69, 9.17) is 0 Å². The second kappa shape index (κ2) is 8.25. The first kappa shape index (κ1) is 17.0. The van der Waals surface area contributed by atoms with Gasteiger partial charge in [-0.1, -0.05) is 35.0 Å². The molecule has 1 saturated heterocycles. The van der Waals surface area contributed by atoms with Crippen molar-refractivity contribution in [2.24, 2.45) is 0 Å². The number of piperidine rings is 1. The average Bonchev–Trinajstić information content (AvgIpc) is 2.42. The predicted octanol–water partition coefficient (Wildman–Crippen LogP) is 4.01. The van der Waals surface area contributed by atoms with Gasteiger partial charge in [0.15, 0.2) is 0 Å². The molecule has 1 fully saturated rings. The van der Waals surface area contributed by atoms with Gasteiger partial charge in [-0.3, -0.25) is 4.90 Å². The minimum Gasteiger partial charge on any atom is -0.316 e. The highest BCUT2D eigenvalue weighted by molar-refractivity contribution is 9.10. The van der Waals surface area contributed by atoms with Crippen molar-refractivity contribution in [3.05, 3.63) is 34.3 Å². The van der Waals surface area contributed by atoms with E-state index < -0.39 is 0 Å². The van der Waals surface area contributed by atoms with Gasteiger partial charge in [-0.15, -0.1) is 12.4 Å². The number of likely N-dealkylation sites (N-methyl/N-ethyl adjacent to an activating group) is 1. The van der Waals surface area contributed by atoms with Crippen LogP contribution < -0.4 is 5.32 Å². The van der Waals surface area contributed by atoms with Gasteiger partial charge in [0.25, 0.3) is 0 Å². The standard InChI is InChI=1S/C15H23BrN2.ClH/c1-3-15(12-6-8-13(16)9-7-12)18-10-4-5-14(11-18)17-2;/h6-9,14-15,17H,3-5,10-11H2,1-2H3;1H. The van der Waals surface area contributed by atoms with Crippen molar-refractivity contribution in [1.29, 1.82) is 0 Å². The SMILES string of the molecule is CCC(c1ccc(Br)cc1)N1CCCC(NC)C1.Cl. The van der Waals surface area contributed by atoms with Gasteiger partial charge in [0, 0.05) is 23.1 Å². The van der Waals surface area contributed by atoms with E-state index in [1.807, 2.05) is 0 Å². The molecular formula is C15H24BrClN2. The van der Waals surface area contributed by atoms with E-state index in [2.05, 4.69) is 64.4 Å². The monoisotopic (exact) mass is 346 g/mol. The summed E-state index contributed by atoms with van der Waals surface area (Å²) in [6.07, 6.45) is 3.79.